The molecule has 5 nitrogen and oxygen atoms in total. The maximum atomic E-state index is 13.6. The summed E-state index contributed by atoms with van der Waals surface area (Å²) in [6.45, 7) is 5.93. The molecule has 1 aromatic carbocycles. The van der Waals surface area contributed by atoms with Crippen LogP contribution in [0.1, 0.15) is 43.0 Å². The highest BCUT2D eigenvalue weighted by Gasteiger charge is 2.35. The maximum absolute atomic E-state index is 13.6. The Balaban J connectivity index is 1.51. The van der Waals surface area contributed by atoms with Gasteiger partial charge in [0.2, 0.25) is 0 Å². The van der Waals surface area contributed by atoms with Crippen molar-refractivity contribution in [2.45, 2.75) is 32.6 Å². The molecule has 26 heavy (non-hydrogen) atoms. The van der Waals surface area contributed by atoms with E-state index in [1.54, 1.807) is 12.1 Å². The van der Waals surface area contributed by atoms with Crippen molar-refractivity contribution < 1.29 is 9.18 Å². The number of guanidine groups is 1. The van der Waals surface area contributed by atoms with Gasteiger partial charge in [0.1, 0.15) is 5.82 Å². The van der Waals surface area contributed by atoms with Crippen molar-refractivity contribution in [2.24, 2.45) is 16.8 Å². The van der Waals surface area contributed by atoms with Crippen molar-refractivity contribution in [3.63, 3.8) is 0 Å². The van der Waals surface area contributed by atoms with Crippen LogP contribution in [0.15, 0.2) is 29.3 Å². The molecular weight excluding hydrogens is 331 g/mol. The summed E-state index contributed by atoms with van der Waals surface area (Å²) in [7, 11) is 0. The Hall–Kier alpha value is -2.11. The molecule has 2 unspecified atom stereocenters. The van der Waals surface area contributed by atoms with E-state index in [4.69, 9.17) is 0 Å². The van der Waals surface area contributed by atoms with Crippen molar-refractivity contribution in [3.05, 3.63) is 35.6 Å². The lowest BCUT2D eigenvalue weighted by Gasteiger charge is -2.22. The number of carbonyl (C=O) groups is 1. The average Bonchev–Trinajstić information content (AvgIpc) is 3.08. The molecule has 1 heterocycles. The van der Waals surface area contributed by atoms with Gasteiger partial charge < -0.3 is 15.5 Å². The molecule has 3 rings (SSSR count). The SMILES string of the molecule is CCNC(=NCCNC(=O)c1ccccc1F)N1CC2CCCCC2C1. The van der Waals surface area contributed by atoms with Crippen molar-refractivity contribution in [1.29, 1.82) is 0 Å². The van der Waals surface area contributed by atoms with Gasteiger partial charge in [-0.2, -0.15) is 0 Å². The van der Waals surface area contributed by atoms with Gasteiger partial charge in [-0.05, 0) is 43.7 Å². The molecule has 1 aliphatic carbocycles. The Bertz CT molecular complexity index is 634. The zero-order valence-corrected chi connectivity index (χ0v) is 15.5. The molecule has 0 aromatic heterocycles. The normalized spacial score (nSPS) is 22.8. The Morgan fingerprint density at radius 2 is 1.88 bits per heavy atom. The number of aliphatic imine (C=N–C) groups is 1. The number of rotatable bonds is 5. The molecule has 1 aromatic rings. The Kier molecular flexibility index (Phi) is 6.47. The first kappa shape index (κ1) is 18.7. The van der Waals surface area contributed by atoms with Crippen LogP contribution in [0.25, 0.3) is 0 Å². The number of likely N-dealkylation sites (tertiary alicyclic amines) is 1. The highest BCUT2D eigenvalue weighted by atomic mass is 19.1. The average molecular weight is 360 g/mol. The summed E-state index contributed by atoms with van der Waals surface area (Å²) >= 11 is 0. The number of nitrogens with one attached hydrogen (secondary N) is 2. The van der Waals surface area contributed by atoms with E-state index in [-0.39, 0.29) is 5.56 Å². The van der Waals surface area contributed by atoms with Gasteiger partial charge in [-0.1, -0.05) is 25.0 Å². The molecule has 1 saturated heterocycles. The van der Waals surface area contributed by atoms with E-state index in [0.717, 1.165) is 37.4 Å². The van der Waals surface area contributed by atoms with Crippen molar-refractivity contribution in [1.82, 2.24) is 15.5 Å². The summed E-state index contributed by atoms with van der Waals surface area (Å²) in [5.74, 6) is 1.64. The predicted octanol–water partition coefficient (Wildman–Crippen LogP) is 2.64. The van der Waals surface area contributed by atoms with E-state index in [0.29, 0.717) is 13.1 Å². The lowest BCUT2D eigenvalue weighted by Crippen LogP contribution is -2.41. The van der Waals surface area contributed by atoms with Gasteiger partial charge >= 0.3 is 0 Å². The van der Waals surface area contributed by atoms with Crippen molar-refractivity contribution in [2.75, 3.05) is 32.7 Å². The smallest absolute Gasteiger partial charge is 0.254 e. The van der Waals surface area contributed by atoms with Crippen LogP contribution in [0.5, 0.6) is 0 Å². The van der Waals surface area contributed by atoms with E-state index in [9.17, 15) is 9.18 Å². The maximum Gasteiger partial charge on any atom is 0.254 e. The van der Waals surface area contributed by atoms with Crippen LogP contribution in [-0.4, -0.2) is 49.5 Å². The van der Waals surface area contributed by atoms with Crippen LogP contribution in [0.2, 0.25) is 0 Å². The van der Waals surface area contributed by atoms with Crippen molar-refractivity contribution in [3.8, 4) is 0 Å². The van der Waals surface area contributed by atoms with Gasteiger partial charge in [0, 0.05) is 26.2 Å². The van der Waals surface area contributed by atoms with E-state index in [1.165, 1.54) is 37.8 Å². The zero-order chi connectivity index (χ0) is 18.4. The first-order chi connectivity index (χ1) is 12.7. The molecule has 0 spiro atoms. The Morgan fingerprint density at radius 1 is 1.19 bits per heavy atom. The summed E-state index contributed by atoms with van der Waals surface area (Å²) in [5.41, 5.74) is 0.0759. The summed E-state index contributed by atoms with van der Waals surface area (Å²) < 4.78 is 13.6. The third-order valence-corrected chi connectivity index (χ3v) is 5.39. The molecule has 0 bridgehead atoms. The van der Waals surface area contributed by atoms with Gasteiger partial charge in [0.05, 0.1) is 12.1 Å². The number of hydrogen-bond acceptors (Lipinski definition) is 2. The Morgan fingerprint density at radius 3 is 2.54 bits per heavy atom. The number of amides is 1. The van der Waals surface area contributed by atoms with Gasteiger partial charge in [0.15, 0.2) is 5.96 Å². The van der Waals surface area contributed by atoms with Gasteiger partial charge in [-0.25, -0.2) is 4.39 Å². The minimum Gasteiger partial charge on any atom is -0.357 e. The predicted molar refractivity (Wildman–Crippen MR) is 102 cm³/mol. The minimum absolute atomic E-state index is 0.0759. The van der Waals surface area contributed by atoms with Crippen LogP contribution in [0.3, 0.4) is 0 Å². The summed E-state index contributed by atoms with van der Waals surface area (Å²) in [6.07, 6.45) is 5.37. The highest BCUT2D eigenvalue weighted by Crippen LogP contribution is 2.35. The highest BCUT2D eigenvalue weighted by molar-refractivity contribution is 5.94. The first-order valence-corrected chi connectivity index (χ1v) is 9.75. The second kappa shape index (κ2) is 9.01. The fraction of sp³-hybridized carbons (Fsp3) is 0.600. The largest absolute Gasteiger partial charge is 0.357 e. The monoisotopic (exact) mass is 360 g/mol. The lowest BCUT2D eigenvalue weighted by atomic mass is 9.82. The summed E-state index contributed by atoms with van der Waals surface area (Å²) in [6, 6.07) is 6.02. The molecule has 0 radical (unpaired) electrons. The number of carbonyl (C=O) groups excluding carboxylic acids is 1. The summed E-state index contributed by atoms with van der Waals surface area (Å²) in [4.78, 5) is 19.1. The Labute approximate surface area is 155 Å². The third-order valence-electron chi connectivity index (χ3n) is 5.39. The fourth-order valence-electron chi connectivity index (χ4n) is 4.08. The van der Waals surface area contributed by atoms with Crippen LogP contribution in [0.4, 0.5) is 4.39 Å². The number of fused-ring (bicyclic) bond motifs is 1. The molecule has 6 heteroatoms. The molecule has 2 N–H and O–H groups in total. The van der Waals surface area contributed by atoms with Crippen molar-refractivity contribution >= 4 is 11.9 Å². The first-order valence-electron chi connectivity index (χ1n) is 9.75. The van der Waals surface area contributed by atoms with Gasteiger partial charge in [0.25, 0.3) is 5.91 Å². The molecular formula is C20H29FN4O. The van der Waals surface area contributed by atoms with Crippen LogP contribution < -0.4 is 10.6 Å². The number of benzene rings is 1. The molecule has 142 valence electrons. The topological polar surface area (TPSA) is 56.7 Å². The zero-order valence-electron chi connectivity index (χ0n) is 15.5. The lowest BCUT2D eigenvalue weighted by molar-refractivity contribution is 0.0951. The third kappa shape index (κ3) is 4.54. The second-order valence-electron chi connectivity index (χ2n) is 7.18. The van der Waals surface area contributed by atoms with Crippen LogP contribution in [0, 0.1) is 17.7 Å². The van der Waals surface area contributed by atoms with E-state index >= 15 is 0 Å². The molecule has 1 amide bonds. The van der Waals surface area contributed by atoms with Gasteiger partial charge in [-0.3, -0.25) is 9.79 Å². The quantitative estimate of drug-likeness (QED) is 0.482. The summed E-state index contributed by atoms with van der Waals surface area (Å²) in [5, 5.41) is 6.11. The van der Waals surface area contributed by atoms with E-state index in [2.05, 4.69) is 27.4 Å². The molecule has 1 saturated carbocycles. The number of nitrogens with zero attached hydrogens (tertiary/aromatic N) is 2. The second-order valence-corrected chi connectivity index (χ2v) is 7.18. The van der Waals surface area contributed by atoms with E-state index in [1.807, 2.05) is 0 Å². The van der Waals surface area contributed by atoms with Crippen LogP contribution in [-0.2, 0) is 0 Å². The fourth-order valence-corrected chi connectivity index (χ4v) is 4.08. The standard InChI is InChI=1S/C20H29FN4O/c1-2-22-20(25-13-15-7-3-4-8-16(15)14-25)24-12-11-23-19(26)17-9-5-6-10-18(17)21/h5-6,9-10,15-16H,2-4,7-8,11-14H2,1H3,(H,22,24)(H,23,26). The molecule has 1 aliphatic heterocycles. The molecule has 2 fully saturated rings. The van der Waals surface area contributed by atoms with Gasteiger partial charge in [-0.15, -0.1) is 0 Å². The van der Waals surface area contributed by atoms with Crippen LogP contribution >= 0.6 is 0 Å². The van der Waals surface area contributed by atoms with E-state index < -0.39 is 11.7 Å². The minimum atomic E-state index is -0.499. The molecule has 2 aliphatic rings. The number of halogens is 1. The number of hydrogen-bond donors (Lipinski definition) is 2. The molecule has 2 atom stereocenters.